The number of benzene rings is 3. The van der Waals surface area contributed by atoms with Gasteiger partial charge in [0.05, 0.1) is 21.7 Å². The van der Waals surface area contributed by atoms with Gasteiger partial charge in [-0.1, -0.05) is 39.7 Å². The first-order valence-corrected chi connectivity index (χ1v) is 10.8. The van der Waals surface area contributed by atoms with Crippen molar-refractivity contribution < 1.29 is 19.2 Å². The Kier molecular flexibility index (Phi) is 6.48. The SMILES string of the molecule is O=C(COC(=O)c1cc(-c2ccc(Br)cc2)nc2ccc(Cl)cc12)c1ccc([N+](=O)[O-])cc1. The number of Topliss-reactive ketones (excluding diaryl/α,β-unsaturated/α-hetero) is 1. The molecule has 0 bridgehead atoms. The number of non-ortho nitro benzene ring substituents is 1. The number of carbonyl (C=O) groups is 2. The normalized spacial score (nSPS) is 10.7. The van der Waals surface area contributed by atoms with Crippen molar-refractivity contribution in [3.8, 4) is 11.3 Å². The van der Waals surface area contributed by atoms with Gasteiger partial charge in [0, 0.05) is 38.1 Å². The van der Waals surface area contributed by atoms with Crippen molar-refractivity contribution in [2.45, 2.75) is 0 Å². The standard InChI is InChI=1S/C24H14BrClN2O5/c25-16-5-1-14(2-6-16)22-12-20(19-11-17(26)7-10-21(19)27-22)24(30)33-13-23(29)15-3-8-18(9-4-15)28(31)32/h1-12H,13H2. The quantitative estimate of drug-likeness (QED) is 0.127. The van der Waals surface area contributed by atoms with Gasteiger partial charge in [-0.05, 0) is 48.5 Å². The average molecular weight is 526 g/mol. The highest BCUT2D eigenvalue weighted by atomic mass is 79.9. The number of aromatic nitrogens is 1. The fourth-order valence-corrected chi connectivity index (χ4v) is 3.63. The van der Waals surface area contributed by atoms with Crippen LogP contribution in [-0.4, -0.2) is 28.3 Å². The molecule has 0 spiro atoms. The van der Waals surface area contributed by atoms with E-state index in [-0.39, 0.29) is 16.8 Å². The number of nitrogens with zero attached hydrogens (tertiary/aromatic N) is 2. The van der Waals surface area contributed by atoms with Gasteiger partial charge >= 0.3 is 5.97 Å². The van der Waals surface area contributed by atoms with Crippen LogP contribution >= 0.6 is 27.5 Å². The predicted octanol–water partition coefficient (Wildman–Crippen LogP) is 6.27. The van der Waals surface area contributed by atoms with Crippen molar-refractivity contribution in [1.29, 1.82) is 0 Å². The highest BCUT2D eigenvalue weighted by Crippen LogP contribution is 2.28. The molecule has 1 heterocycles. The Morgan fingerprint density at radius 3 is 2.36 bits per heavy atom. The van der Waals surface area contributed by atoms with E-state index in [1.807, 2.05) is 24.3 Å². The molecule has 0 saturated heterocycles. The minimum Gasteiger partial charge on any atom is -0.454 e. The average Bonchev–Trinajstić information content (AvgIpc) is 2.82. The van der Waals surface area contributed by atoms with E-state index < -0.39 is 23.3 Å². The van der Waals surface area contributed by atoms with Crippen LogP contribution in [0.15, 0.2) is 77.3 Å². The third kappa shape index (κ3) is 5.08. The lowest BCUT2D eigenvalue weighted by atomic mass is 10.0. The second-order valence-corrected chi connectivity index (χ2v) is 8.38. The molecule has 4 rings (SSSR count). The lowest BCUT2D eigenvalue weighted by Gasteiger charge is -2.10. The maximum atomic E-state index is 12.9. The molecule has 1 aromatic heterocycles. The summed E-state index contributed by atoms with van der Waals surface area (Å²) in [6.07, 6.45) is 0. The van der Waals surface area contributed by atoms with Crippen molar-refractivity contribution in [2.75, 3.05) is 6.61 Å². The summed E-state index contributed by atoms with van der Waals surface area (Å²) in [6, 6.07) is 19.1. The summed E-state index contributed by atoms with van der Waals surface area (Å²) >= 11 is 9.52. The topological polar surface area (TPSA) is 99.4 Å². The molecule has 3 aromatic carbocycles. The first-order chi connectivity index (χ1) is 15.8. The number of nitro benzene ring substituents is 1. The summed E-state index contributed by atoms with van der Waals surface area (Å²) in [5.41, 5.74) is 2.19. The van der Waals surface area contributed by atoms with Gasteiger partial charge in [-0.25, -0.2) is 9.78 Å². The van der Waals surface area contributed by atoms with E-state index in [2.05, 4.69) is 20.9 Å². The number of halogens is 2. The molecule has 0 fully saturated rings. The van der Waals surface area contributed by atoms with E-state index >= 15 is 0 Å². The molecule has 0 amide bonds. The molecule has 0 aliphatic rings. The van der Waals surface area contributed by atoms with Crippen LogP contribution < -0.4 is 0 Å². The molecule has 0 aliphatic heterocycles. The molecule has 0 radical (unpaired) electrons. The van der Waals surface area contributed by atoms with Crippen LogP contribution in [0, 0.1) is 10.1 Å². The van der Waals surface area contributed by atoms with Gasteiger partial charge < -0.3 is 4.74 Å². The van der Waals surface area contributed by atoms with Crippen LogP contribution in [0.3, 0.4) is 0 Å². The summed E-state index contributed by atoms with van der Waals surface area (Å²) in [4.78, 5) is 40.2. The lowest BCUT2D eigenvalue weighted by molar-refractivity contribution is -0.384. The van der Waals surface area contributed by atoms with E-state index in [4.69, 9.17) is 16.3 Å². The van der Waals surface area contributed by atoms with Gasteiger partial charge in [-0.2, -0.15) is 0 Å². The number of hydrogen-bond acceptors (Lipinski definition) is 6. The molecule has 164 valence electrons. The fraction of sp³-hybridized carbons (Fsp3) is 0.0417. The zero-order valence-corrected chi connectivity index (χ0v) is 19.2. The summed E-state index contributed by atoms with van der Waals surface area (Å²) in [6.45, 7) is -0.519. The van der Waals surface area contributed by atoms with E-state index in [0.717, 1.165) is 10.0 Å². The van der Waals surface area contributed by atoms with Gasteiger partial charge in [-0.15, -0.1) is 0 Å². The minimum atomic E-state index is -0.710. The van der Waals surface area contributed by atoms with Crippen LogP contribution in [0.5, 0.6) is 0 Å². The van der Waals surface area contributed by atoms with Crippen LogP contribution in [0.2, 0.25) is 5.02 Å². The Balaban J connectivity index is 1.62. The Bertz CT molecular complexity index is 1390. The monoisotopic (exact) mass is 524 g/mol. The lowest BCUT2D eigenvalue weighted by Crippen LogP contribution is -2.15. The molecular weight excluding hydrogens is 512 g/mol. The van der Waals surface area contributed by atoms with E-state index in [1.54, 1.807) is 24.3 Å². The highest BCUT2D eigenvalue weighted by molar-refractivity contribution is 9.10. The first-order valence-electron chi connectivity index (χ1n) is 9.63. The number of esters is 1. The molecule has 9 heteroatoms. The van der Waals surface area contributed by atoms with E-state index in [0.29, 0.717) is 21.6 Å². The summed E-state index contributed by atoms with van der Waals surface area (Å²) in [7, 11) is 0. The molecule has 0 atom stereocenters. The zero-order chi connectivity index (χ0) is 23.5. The van der Waals surface area contributed by atoms with Crippen LogP contribution in [0.25, 0.3) is 22.2 Å². The number of fused-ring (bicyclic) bond motifs is 1. The van der Waals surface area contributed by atoms with Crippen LogP contribution in [-0.2, 0) is 4.74 Å². The second kappa shape index (κ2) is 9.48. The summed E-state index contributed by atoms with van der Waals surface area (Å²) < 4.78 is 6.18. The largest absolute Gasteiger partial charge is 0.454 e. The maximum absolute atomic E-state index is 12.9. The van der Waals surface area contributed by atoms with E-state index in [9.17, 15) is 19.7 Å². The summed E-state index contributed by atoms with van der Waals surface area (Å²) in [5.74, 6) is -1.19. The maximum Gasteiger partial charge on any atom is 0.339 e. The van der Waals surface area contributed by atoms with Crippen molar-refractivity contribution in [1.82, 2.24) is 4.98 Å². The molecule has 0 aliphatic carbocycles. The van der Waals surface area contributed by atoms with Crippen molar-refractivity contribution in [3.05, 3.63) is 104 Å². The van der Waals surface area contributed by atoms with Crippen molar-refractivity contribution >= 4 is 55.9 Å². The highest BCUT2D eigenvalue weighted by Gasteiger charge is 2.18. The zero-order valence-electron chi connectivity index (χ0n) is 16.8. The van der Waals surface area contributed by atoms with E-state index in [1.165, 1.54) is 24.3 Å². The van der Waals surface area contributed by atoms with Gasteiger partial charge in [0.15, 0.2) is 12.4 Å². The third-order valence-corrected chi connectivity index (χ3v) is 5.63. The molecular formula is C24H14BrClN2O5. The number of ketones is 1. The van der Waals surface area contributed by atoms with Gasteiger partial charge in [0.2, 0.25) is 0 Å². The number of rotatable bonds is 6. The van der Waals surface area contributed by atoms with Crippen molar-refractivity contribution in [3.63, 3.8) is 0 Å². The Morgan fingerprint density at radius 1 is 1.00 bits per heavy atom. The van der Waals surface area contributed by atoms with Gasteiger partial charge in [-0.3, -0.25) is 14.9 Å². The Hall–Kier alpha value is -3.62. The third-order valence-electron chi connectivity index (χ3n) is 4.87. The number of hydrogen-bond donors (Lipinski definition) is 0. The first kappa shape index (κ1) is 22.6. The molecule has 4 aromatic rings. The molecule has 0 saturated carbocycles. The minimum absolute atomic E-state index is 0.135. The Morgan fingerprint density at radius 2 is 1.70 bits per heavy atom. The second-order valence-electron chi connectivity index (χ2n) is 7.03. The van der Waals surface area contributed by atoms with Gasteiger partial charge in [0.25, 0.3) is 5.69 Å². The number of nitro groups is 1. The number of ether oxygens (including phenoxy) is 1. The fourth-order valence-electron chi connectivity index (χ4n) is 3.20. The van der Waals surface area contributed by atoms with Gasteiger partial charge in [0.1, 0.15) is 0 Å². The Labute approximate surface area is 201 Å². The molecule has 0 unspecified atom stereocenters. The number of carbonyl (C=O) groups excluding carboxylic acids is 2. The smallest absolute Gasteiger partial charge is 0.339 e. The number of pyridine rings is 1. The summed E-state index contributed by atoms with van der Waals surface area (Å²) in [5, 5.41) is 11.7. The van der Waals surface area contributed by atoms with Crippen LogP contribution in [0.4, 0.5) is 5.69 Å². The van der Waals surface area contributed by atoms with Crippen molar-refractivity contribution in [2.24, 2.45) is 0 Å². The van der Waals surface area contributed by atoms with Crippen LogP contribution in [0.1, 0.15) is 20.7 Å². The molecule has 33 heavy (non-hydrogen) atoms. The molecule has 0 N–H and O–H groups in total. The molecule has 7 nitrogen and oxygen atoms in total. The predicted molar refractivity (Wildman–Crippen MR) is 128 cm³/mol.